The second-order valence-corrected chi connectivity index (χ2v) is 3.98. The van der Waals surface area contributed by atoms with Crippen molar-refractivity contribution in [2.24, 2.45) is 0 Å². The van der Waals surface area contributed by atoms with Crippen LogP contribution in [-0.2, 0) is 4.74 Å². The van der Waals surface area contributed by atoms with Crippen molar-refractivity contribution in [3.05, 3.63) is 54.5 Å². The molecule has 3 aromatic rings. The highest BCUT2D eigenvalue weighted by molar-refractivity contribution is 6.02. The monoisotopic (exact) mass is 240 g/mol. The summed E-state index contributed by atoms with van der Waals surface area (Å²) < 4.78 is 6.73. The van der Waals surface area contributed by atoms with Gasteiger partial charge in [0.05, 0.1) is 12.8 Å². The molecular formula is C14H12N2O2. The highest BCUT2D eigenvalue weighted by Crippen LogP contribution is 2.26. The number of hydrogen-bond acceptors (Lipinski definition) is 2. The van der Waals surface area contributed by atoms with Gasteiger partial charge in [0.2, 0.25) is 0 Å². The molecule has 18 heavy (non-hydrogen) atoms. The molecule has 0 fully saturated rings. The van der Waals surface area contributed by atoms with Gasteiger partial charge in [-0.15, -0.1) is 0 Å². The van der Waals surface area contributed by atoms with Gasteiger partial charge in [-0.05, 0) is 18.2 Å². The molecule has 0 spiro atoms. The number of aromatic amines is 1. The fourth-order valence-electron chi connectivity index (χ4n) is 2.13. The van der Waals surface area contributed by atoms with Crippen LogP contribution in [0.25, 0.3) is 16.6 Å². The van der Waals surface area contributed by atoms with Crippen LogP contribution in [0.2, 0.25) is 0 Å². The molecule has 0 radical (unpaired) electrons. The molecule has 3 rings (SSSR count). The van der Waals surface area contributed by atoms with Crippen LogP contribution in [0, 0.1) is 0 Å². The molecule has 4 nitrogen and oxygen atoms in total. The number of para-hydroxylation sites is 1. The summed E-state index contributed by atoms with van der Waals surface area (Å²) in [6, 6.07) is 11.6. The summed E-state index contributed by atoms with van der Waals surface area (Å²) in [6.07, 6.45) is 3.81. The Bertz CT molecular complexity index is 696. The number of aromatic nitrogens is 2. The molecular weight excluding hydrogens is 228 g/mol. The highest BCUT2D eigenvalue weighted by atomic mass is 16.5. The van der Waals surface area contributed by atoms with Crippen LogP contribution in [0.15, 0.2) is 48.8 Å². The van der Waals surface area contributed by atoms with Crippen molar-refractivity contribution in [2.45, 2.75) is 0 Å². The van der Waals surface area contributed by atoms with Crippen molar-refractivity contribution >= 4 is 16.9 Å². The number of hydrogen-bond donors (Lipinski definition) is 1. The Morgan fingerprint density at radius 3 is 2.61 bits per heavy atom. The number of ether oxygens (including phenoxy) is 1. The predicted molar refractivity (Wildman–Crippen MR) is 69.0 cm³/mol. The molecule has 0 aliphatic heterocycles. The highest BCUT2D eigenvalue weighted by Gasteiger charge is 2.18. The molecule has 0 unspecified atom stereocenters. The van der Waals surface area contributed by atoms with Crippen LogP contribution in [0.3, 0.4) is 0 Å². The fraction of sp³-hybridized carbons (Fsp3) is 0.0714. The summed E-state index contributed by atoms with van der Waals surface area (Å²) in [5, 5.41) is 0.995. The molecule has 2 heterocycles. The first kappa shape index (κ1) is 10.7. The van der Waals surface area contributed by atoms with Crippen molar-refractivity contribution in [1.29, 1.82) is 0 Å². The number of esters is 1. The van der Waals surface area contributed by atoms with Crippen LogP contribution >= 0.6 is 0 Å². The zero-order valence-corrected chi connectivity index (χ0v) is 9.88. The van der Waals surface area contributed by atoms with E-state index in [0.717, 1.165) is 16.6 Å². The zero-order chi connectivity index (χ0) is 12.5. The van der Waals surface area contributed by atoms with Gasteiger partial charge in [0.25, 0.3) is 0 Å². The molecule has 4 heteroatoms. The van der Waals surface area contributed by atoms with Crippen LogP contribution in [0.4, 0.5) is 0 Å². The summed E-state index contributed by atoms with van der Waals surface area (Å²) in [7, 11) is 1.38. The first-order valence-electron chi connectivity index (χ1n) is 5.63. The maximum atomic E-state index is 11.8. The third kappa shape index (κ3) is 1.50. The lowest BCUT2D eigenvalue weighted by atomic mass is 10.2. The summed E-state index contributed by atoms with van der Waals surface area (Å²) in [6.45, 7) is 0. The van der Waals surface area contributed by atoms with Gasteiger partial charge in [0.1, 0.15) is 5.69 Å². The lowest BCUT2D eigenvalue weighted by Crippen LogP contribution is -2.06. The predicted octanol–water partition coefficient (Wildman–Crippen LogP) is 2.75. The van der Waals surface area contributed by atoms with Crippen LogP contribution in [0.1, 0.15) is 10.5 Å². The van der Waals surface area contributed by atoms with E-state index in [1.807, 2.05) is 53.4 Å². The third-order valence-electron chi connectivity index (χ3n) is 2.93. The molecule has 0 bridgehead atoms. The number of rotatable bonds is 2. The Kier molecular flexibility index (Phi) is 2.41. The van der Waals surface area contributed by atoms with E-state index < -0.39 is 0 Å². The second kappa shape index (κ2) is 4.07. The van der Waals surface area contributed by atoms with Crippen molar-refractivity contribution in [3.8, 4) is 5.69 Å². The third-order valence-corrected chi connectivity index (χ3v) is 2.93. The average molecular weight is 240 g/mol. The van der Waals surface area contributed by atoms with E-state index in [2.05, 4.69) is 4.98 Å². The first-order valence-corrected chi connectivity index (χ1v) is 5.63. The topological polar surface area (TPSA) is 47.0 Å². The number of methoxy groups -OCH3 is 1. The van der Waals surface area contributed by atoms with Gasteiger partial charge >= 0.3 is 5.97 Å². The number of benzene rings is 1. The van der Waals surface area contributed by atoms with Crippen molar-refractivity contribution in [1.82, 2.24) is 9.55 Å². The van der Waals surface area contributed by atoms with Crippen molar-refractivity contribution in [3.63, 3.8) is 0 Å². The Hall–Kier alpha value is -2.49. The number of carbonyl (C=O) groups is 1. The molecule has 2 aromatic heterocycles. The lowest BCUT2D eigenvalue weighted by Gasteiger charge is -2.04. The smallest absolute Gasteiger partial charge is 0.356 e. The van der Waals surface area contributed by atoms with E-state index in [1.165, 1.54) is 7.11 Å². The Morgan fingerprint density at radius 1 is 1.17 bits per heavy atom. The molecule has 0 saturated heterocycles. The number of nitrogens with one attached hydrogen (secondary N) is 1. The summed E-state index contributed by atoms with van der Waals surface area (Å²) >= 11 is 0. The minimum atomic E-state index is -0.366. The maximum Gasteiger partial charge on any atom is 0.356 e. The maximum absolute atomic E-state index is 11.8. The van der Waals surface area contributed by atoms with Gasteiger partial charge in [-0.2, -0.15) is 0 Å². The van der Waals surface area contributed by atoms with Crippen LogP contribution in [-0.4, -0.2) is 22.6 Å². The molecule has 1 N–H and O–H groups in total. The van der Waals surface area contributed by atoms with E-state index in [4.69, 9.17) is 4.74 Å². The SMILES string of the molecule is COC(=O)c1[nH]c2ccccc2c1-n1cccc1. The van der Waals surface area contributed by atoms with Gasteiger partial charge in [-0.1, -0.05) is 18.2 Å². The molecule has 0 aliphatic rings. The van der Waals surface area contributed by atoms with Crippen LogP contribution in [0.5, 0.6) is 0 Å². The van der Waals surface area contributed by atoms with Crippen molar-refractivity contribution in [2.75, 3.05) is 7.11 Å². The Labute approximate surface area is 104 Å². The van der Waals surface area contributed by atoms with Gasteiger partial charge in [0.15, 0.2) is 0 Å². The number of carbonyl (C=O) groups excluding carboxylic acids is 1. The standard InChI is InChI=1S/C14H12N2O2/c1-18-14(17)12-13(16-8-4-5-9-16)10-6-2-3-7-11(10)15-12/h2-9,15H,1H3. The van der Waals surface area contributed by atoms with E-state index >= 15 is 0 Å². The largest absolute Gasteiger partial charge is 0.464 e. The second-order valence-electron chi connectivity index (χ2n) is 3.98. The lowest BCUT2D eigenvalue weighted by molar-refractivity contribution is 0.0595. The van der Waals surface area contributed by atoms with Crippen molar-refractivity contribution < 1.29 is 9.53 Å². The minimum absolute atomic E-state index is 0.366. The molecule has 0 saturated carbocycles. The normalized spacial score (nSPS) is 10.7. The Morgan fingerprint density at radius 2 is 1.89 bits per heavy atom. The summed E-state index contributed by atoms with van der Waals surface area (Å²) in [5.41, 5.74) is 2.21. The average Bonchev–Trinajstić information content (AvgIpc) is 3.03. The fourth-order valence-corrected chi connectivity index (χ4v) is 2.13. The van der Waals surface area contributed by atoms with E-state index in [9.17, 15) is 4.79 Å². The molecule has 90 valence electrons. The summed E-state index contributed by atoms with van der Waals surface area (Å²) in [5.74, 6) is -0.366. The van der Waals surface area contributed by atoms with Gasteiger partial charge in [-0.25, -0.2) is 4.79 Å². The minimum Gasteiger partial charge on any atom is -0.464 e. The van der Waals surface area contributed by atoms with Gasteiger partial charge < -0.3 is 14.3 Å². The zero-order valence-electron chi connectivity index (χ0n) is 9.88. The van der Waals surface area contributed by atoms with E-state index in [1.54, 1.807) is 0 Å². The van der Waals surface area contributed by atoms with Crippen LogP contribution < -0.4 is 0 Å². The van der Waals surface area contributed by atoms with Gasteiger partial charge in [-0.3, -0.25) is 0 Å². The first-order chi connectivity index (χ1) is 8.81. The molecule has 0 aliphatic carbocycles. The van der Waals surface area contributed by atoms with E-state index in [0.29, 0.717) is 5.69 Å². The van der Waals surface area contributed by atoms with Gasteiger partial charge in [0, 0.05) is 23.3 Å². The molecule has 0 amide bonds. The molecule has 0 atom stereocenters. The Balaban J connectivity index is 2.35. The van der Waals surface area contributed by atoms with E-state index in [-0.39, 0.29) is 5.97 Å². The number of nitrogens with zero attached hydrogens (tertiary/aromatic N) is 1. The quantitative estimate of drug-likeness (QED) is 0.700. The molecule has 1 aromatic carbocycles. The summed E-state index contributed by atoms with van der Waals surface area (Å²) in [4.78, 5) is 14.9. The number of fused-ring (bicyclic) bond motifs is 1. The number of H-pyrrole nitrogens is 1.